The van der Waals surface area contributed by atoms with E-state index in [1.54, 1.807) is 30.9 Å². The molecule has 9 heteroatoms. The summed E-state index contributed by atoms with van der Waals surface area (Å²) in [5.41, 5.74) is 7.54. The molecule has 0 aliphatic heterocycles. The molecule has 0 unspecified atom stereocenters. The van der Waals surface area contributed by atoms with Crippen LogP contribution in [0.15, 0.2) is 73.5 Å². The number of aromatic nitrogens is 6. The number of anilines is 1. The summed E-state index contributed by atoms with van der Waals surface area (Å²) in [4.78, 5) is 17.7. The second-order valence-electron chi connectivity index (χ2n) is 8.54. The Morgan fingerprint density at radius 3 is 2.83 bits per heavy atom. The summed E-state index contributed by atoms with van der Waals surface area (Å²) in [7, 11) is 0. The molecule has 0 atom stereocenters. The third kappa shape index (κ3) is 4.03. The van der Waals surface area contributed by atoms with Crippen LogP contribution in [0.5, 0.6) is 0 Å². The number of nitrogens with one attached hydrogen (secondary N) is 3. The topological polar surface area (TPSA) is 95.2 Å². The van der Waals surface area contributed by atoms with Gasteiger partial charge in [0.25, 0.3) is 0 Å². The van der Waals surface area contributed by atoms with E-state index >= 15 is 0 Å². The predicted octanol–water partition coefficient (Wildman–Crippen LogP) is 7.16. The van der Waals surface area contributed by atoms with Gasteiger partial charge in [0.15, 0.2) is 5.13 Å². The van der Waals surface area contributed by atoms with E-state index in [4.69, 9.17) is 0 Å². The van der Waals surface area contributed by atoms with E-state index in [0.717, 1.165) is 90.6 Å². The maximum Gasteiger partial charge on any atom is 0.176 e. The first kappa shape index (κ1) is 22.1. The molecule has 178 valence electrons. The van der Waals surface area contributed by atoms with E-state index < -0.39 is 0 Å². The number of pyridine rings is 3. The number of fused-ring (bicyclic) bond motifs is 2. The Balaban J connectivity index is 1.40. The average Bonchev–Trinajstić information content (AvgIpc) is 3.61. The molecule has 0 radical (unpaired) electrons. The molecular weight excluding hydrogens is 473 g/mol. The molecule has 0 aliphatic rings. The molecule has 7 nitrogen and oxygen atoms in total. The summed E-state index contributed by atoms with van der Waals surface area (Å²) < 4.78 is 13.7. The minimum Gasteiger partial charge on any atom is -0.358 e. The van der Waals surface area contributed by atoms with Crippen molar-refractivity contribution < 1.29 is 4.39 Å². The number of hydrogen-bond acceptors (Lipinski definition) is 6. The van der Waals surface area contributed by atoms with Crippen molar-refractivity contribution in [2.75, 3.05) is 5.32 Å². The molecule has 0 amide bonds. The Morgan fingerprint density at radius 1 is 1.08 bits per heavy atom. The third-order valence-corrected chi connectivity index (χ3v) is 6.89. The second kappa shape index (κ2) is 9.01. The molecule has 6 heterocycles. The molecule has 36 heavy (non-hydrogen) atoms. The number of allylic oxidation sites excluding steroid dienone is 1. The van der Waals surface area contributed by atoms with E-state index in [0.29, 0.717) is 0 Å². The van der Waals surface area contributed by atoms with E-state index in [2.05, 4.69) is 49.0 Å². The maximum absolute atomic E-state index is 13.7. The highest BCUT2D eigenvalue weighted by molar-refractivity contribution is 7.14. The largest absolute Gasteiger partial charge is 0.358 e. The Bertz CT molecular complexity index is 1730. The molecule has 3 N–H and O–H groups in total. The zero-order valence-electron chi connectivity index (χ0n) is 19.5. The molecule has 0 fully saturated rings. The van der Waals surface area contributed by atoms with Gasteiger partial charge in [-0.05, 0) is 42.8 Å². The Morgan fingerprint density at radius 2 is 2.00 bits per heavy atom. The molecule has 6 aromatic heterocycles. The number of H-pyrrole nitrogens is 2. The predicted molar refractivity (Wildman–Crippen MR) is 143 cm³/mol. The minimum absolute atomic E-state index is 0.215. The lowest BCUT2D eigenvalue weighted by Gasteiger charge is -2.09. The van der Waals surface area contributed by atoms with Crippen LogP contribution in [0, 0.1) is 5.13 Å². The van der Waals surface area contributed by atoms with Gasteiger partial charge < -0.3 is 10.3 Å². The van der Waals surface area contributed by atoms with Gasteiger partial charge in [-0.1, -0.05) is 19.9 Å². The van der Waals surface area contributed by atoms with Gasteiger partial charge in [0.05, 0.1) is 35.0 Å². The monoisotopic (exact) mass is 495 g/mol. The Labute approximate surface area is 210 Å². The lowest BCUT2D eigenvalue weighted by Crippen LogP contribution is -1.98. The van der Waals surface area contributed by atoms with Gasteiger partial charge in [-0.25, -0.2) is 4.98 Å². The summed E-state index contributed by atoms with van der Waals surface area (Å²) in [5.74, 6) is 0. The van der Waals surface area contributed by atoms with Gasteiger partial charge in [-0.2, -0.15) is 9.49 Å². The molecule has 0 saturated carbocycles. The number of halogens is 1. The molecule has 0 aromatic carbocycles. The van der Waals surface area contributed by atoms with Gasteiger partial charge in [-0.15, -0.1) is 11.3 Å². The Kier molecular flexibility index (Phi) is 5.54. The van der Waals surface area contributed by atoms with Gasteiger partial charge in [-0.3, -0.25) is 15.1 Å². The molecule has 0 saturated heterocycles. The van der Waals surface area contributed by atoms with Crippen molar-refractivity contribution in [3.8, 4) is 33.1 Å². The van der Waals surface area contributed by atoms with Crippen molar-refractivity contribution in [1.29, 1.82) is 0 Å². The van der Waals surface area contributed by atoms with Crippen LogP contribution in [0.2, 0.25) is 0 Å². The normalized spacial score (nSPS) is 11.4. The third-order valence-electron chi connectivity index (χ3n) is 5.98. The SMILES string of the molecule is C=C(CCC)Nc1cncc(-c2cc3c(-c4cc5c(-c6ccc(F)s6)ccnc5[nH]4)n[nH]c3cn2)c1. The fourth-order valence-electron chi connectivity index (χ4n) is 4.33. The highest BCUT2D eigenvalue weighted by Crippen LogP contribution is 2.36. The van der Waals surface area contributed by atoms with Crippen LogP contribution in [0.25, 0.3) is 55.0 Å². The molecule has 6 aromatic rings. The van der Waals surface area contributed by atoms with Gasteiger partial charge in [0.1, 0.15) is 11.3 Å². The maximum atomic E-state index is 13.7. The van der Waals surface area contributed by atoms with Crippen LogP contribution in [0.3, 0.4) is 0 Å². The van der Waals surface area contributed by atoms with Crippen LogP contribution >= 0.6 is 11.3 Å². The van der Waals surface area contributed by atoms with Crippen LogP contribution in [-0.2, 0) is 0 Å². The van der Waals surface area contributed by atoms with E-state index in [1.165, 1.54) is 6.07 Å². The second-order valence-corrected chi connectivity index (χ2v) is 9.57. The number of rotatable bonds is 7. The zero-order valence-corrected chi connectivity index (χ0v) is 20.3. The standard InChI is InChI=1S/C27H22FN7S/c1-3-4-15(2)32-17-9-16(12-29-13-17)21-11-20-23(14-31-21)34-35-26(20)22-10-19-18(7-8-30-27(19)33-22)24-5-6-25(28)36-24/h5-14,32H,2-4H2,1H3,(H,30,33)(H,34,35). The first-order valence-electron chi connectivity index (χ1n) is 11.6. The first-order valence-corrected chi connectivity index (χ1v) is 12.4. The van der Waals surface area contributed by atoms with Crippen molar-refractivity contribution >= 4 is 39.0 Å². The summed E-state index contributed by atoms with van der Waals surface area (Å²) >= 11 is 1.12. The number of hydrogen-bond donors (Lipinski definition) is 3. The smallest absolute Gasteiger partial charge is 0.176 e. The lowest BCUT2D eigenvalue weighted by molar-refractivity contribution is 0.657. The average molecular weight is 496 g/mol. The first-order chi connectivity index (χ1) is 17.6. The summed E-state index contributed by atoms with van der Waals surface area (Å²) in [6, 6.07) is 11.2. The minimum atomic E-state index is -0.215. The van der Waals surface area contributed by atoms with Crippen LogP contribution in [0.4, 0.5) is 10.1 Å². The van der Waals surface area contributed by atoms with Crippen molar-refractivity contribution in [1.82, 2.24) is 30.1 Å². The molecule has 0 bridgehead atoms. The highest BCUT2D eigenvalue weighted by Gasteiger charge is 2.16. The summed E-state index contributed by atoms with van der Waals surface area (Å²) in [6.07, 6.45) is 8.99. The van der Waals surface area contributed by atoms with Crippen LogP contribution in [0.1, 0.15) is 19.8 Å². The molecule has 6 rings (SSSR count). The lowest BCUT2D eigenvalue weighted by atomic mass is 10.1. The van der Waals surface area contributed by atoms with Gasteiger partial charge in [0, 0.05) is 44.9 Å². The molecule has 0 spiro atoms. The van der Waals surface area contributed by atoms with E-state index in [9.17, 15) is 4.39 Å². The zero-order chi connectivity index (χ0) is 24.6. The molecular formula is C27H22FN7S. The quantitative estimate of drug-likeness (QED) is 0.218. The van der Waals surface area contributed by atoms with Crippen LogP contribution < -0.4 is 5.32 Å². The van der Waals surface area contributed by atoms with Crippen LogP contribution in [-0.4, -0.2) is 30.1 Å². The van der Waals surface area contributed by atoms with Crippen molar-refractivity contribution in [3.05, 3.63) is 78.6 Å². The summed E-state index contributed by atoms with van der Waals surface area (Å²) in [6.45, 7) is 6.19. The van der Waals surface area contributed by atoms with Crippen molar-refractivity contribution in [2.24, 2.45) is 0 Å². The van der Waals surface area contributed by atoms with Crippen molar-refractivity contribution in [3.63, 3.8) is 0 Å². The number of aromatic amines is 2. The van der Waals surface area contributed by atoms with Gasteiger partial charge >= 0.3 is 0 Å². The fourth-order valence-corrected chi connectivity index (χ4v) is 5.10. The number of nitrogens with zero attached hydrogens (tertiary/aromatic N) is 4. The molecule has 0 aliphatic carbocycles. The number of thiophene rings is 1. The van der Waals surface area contributed by atoms with Gasteiger partial charge in [0.2, 0.25) is 0 Å². The fraction of sp³-hybridized carbons (Fsp3) is 0.111. The summed E-state index contributed by atoms with van der Waals surface area (Å²) in [5, 5.41) is 12.6. The van der Waals surface area contributed by atoms with Crippen molar-refractivity contribution in [2.45, 2.75) is 19.8 Å². The highest BCUT2D eigenvalue weighted by atomic mass is 32.1. The van der Waals surface area contributed by atoms with E-state index in [1.807, 2.05) is 24.3 Å². The Hall–Kier alpha value is -4.37. The van der Waals surface area contributed by atoms with E-state index in [-0.39, 0.29) is 5.13 Å².